The summed E-state index contributed by atoms with van der Waals surface area (Å²) in [4.78, 5) is 0. The summed E-state index contributed by atoms with van der Waals surface area (Å²) in [5.74, 6) is 0.0821. The van der Waals surface area contributed by atoms with Crippen molar-refractivity contribution in [3.8, 4) is 0 Å². The van der Waals surface area contributed by atoms with Crippen LogP contribution in [-0.4, -0.2) is 20.7 Å². The van der Waals surface area contributed by atoms with E-state index in [1.54, 1.807) is 0 Å². The Kier molecular flexibility index (Phi) is 2.56. The summed E-state index contributed by atoms with van der Waals surface area (Å²) in [7, 11) is -1.69. The zero-order valence-electron chi connectivity index (χ0n) is 8.90. The van der Waals surface area contributed by atoms with Crippen LogP contribution in [0.4, 0.5) is 0 Å². The van der Waals surface area contributed by atoms with Gasteiger partial charge in [-0.15, -0.1) is 0 Å². The van der Waals surface area contributed by atoms with Gasteiger partial charge in [-0.2, -0.15) is 0 Å². The Morgan fingerprint density at radius 2 is 2.00 bits per heavy atom. The summed E-state index contributed by atoms with van der Waals surface area (Å²) < 4.78 is 26.0. The Morgan fingerprint density at radius 3 is 2.60 bits per heavy atom. The molecule has 1 N–H and O–H groups in total. The maximum absolute atomic E-state index is 11.8. The van der Waals surface area contributed by atoms with E-state index in [1.807, 2.05) is 31.2 Å². The van der Waals surface area contributed by atoms with Gasteiger partial charge in [0.05, 0.1) is 5.25 Å². The van der Waals surface area contributed by atoms with Crippen molar-refractivity contribution in [3.63, 3.8) is 0 Å². The summed E-state index contributed by atoms with van der Waals surface area (Å²) in [5, 5.41) is -0.320. The maximum Gasteiger partial charge on any atom is 0.215 e. The molecule has 0 aliphatic heterocycles. The molecule has 0 aromatic heterocycles. The fraction of sp³-hybridized carbons (Fsp3) is 0.455. The fourth-order valence-electron chi connectivity index (χ4n) is 2.29. The van der Waals surface area contributed by atoms with Gasteiger partial charge in [-0.05, 0) is 30.5 Å². The van der Waals surface area contributed by atoms with Gasteiger partial charge >= 0.3 is 0 Å². The van der Waals surface area contributed by atoms with Crippen molar-refractivity contribution < 1.29 is 8.42 Å². The molecule has 2 rings (SSSR count). The van der Waals surface area contributed by atoms with Crippen molar-refractivity contribution in [1.82, 2.24) is 4.72 Å². The first-order chi connectivity index (χ1) is 7.06. The van der Waals surface area contributed by atoms with Crippen LogP contribution in [0.1, 0.15) is 24.0 Å². The first-order valence-electron chi connectivity index (χ1n) is 5.06. The predicted octanol–water partition coefficient (Wildman–Crippen LogP) is 1.26. The van der Waals surface area contributed by atoms with E-state index in [1.165, 1.54) is 12.6 Å². The van der Waals surface area contributed by atoms with Crippen LogP contribution >= 0.6 is 0 Å². The van der Waals surface area contributed by atoms with Crippen LogP contribution < -0.4 is 4.72 Å². The van der Waals surface area contributed by atoms with Crippen molar-refractivity contribution in [1.29, 1.82) is 0 Å². The SMILES string of the molecule is CNS(=O)(=O)C1Cc2ccccc2C1C. The van der Waals surface area contributed by atoms with Crippen LogP contribution in [0.25, 0.3) is 0 Å². The quantitative estimate of drug-likeness (QED) is 0.823. The van der Waals surface area contributed by atoms with E-state index in [-0.39, 0.29) is 11.2 Å². The molecule has 0 fully saturated rings. The van der Waals surface area contributed by atoms with E-state index >= 15 is 0 Å². The second-order valence-corrected chi connectivity index (χ2v) is 6.08. The zero-order chi connectivity index (χ0) is 11.1. The van der Waals surface area contributed by atoms with Crippen LogP contribution in [0.3, 0.4) is 0 Å². The molecule has 1 aromatic rings. The second-order valence-electron chi connectivity index (χ2n) is 3.98. The molecule has 2 unspecified atom stereocenters. The molecule has 1 aromatic carbocycles. The molecule has 0 amide bonds. The minimum Gasteiger partial charge on any atom is -0.218 e. The summed E-state index contributed by atoms with van der Waals surface area (Å²) in [6, 6.07) is 7.95. The molecule has 1 aliphatic carbocycles. The molecule has 0 spiro atoms. The van der Waals surface area contributed by atoms with Crippen LogP contribution in [0.15, 0.2) is 24.3 Å². The van der Waals surface area contributed by atoms with Crippen LogP contribution in [0, 0.1) is 0 Å². The molecule has 0 heterocycles. The molecule has 3 nitrogen and oxygen atoms in total. The first-order valence-corrected chi connectivity index (χ1v) is 6.61. The summed E-state index contributed by atoms with van der Waals surface area (Å²) >= 11 is 0. The first kappa shape index (κ1) is 10.6. The van der Waals surface area contributed by atoms with Crippen molar-refractivity contribution >= 4 is 10.0 Å². The number of hydrogen-bond acceptors (Lipinski definition) is 2. The van der Waals surface area contributed by atoms with E-state index in [0.29, 0.717) is 6.42 Å². The number of hydrogen-bond donors (Lipinski definition) is 1. The predicted molar refractivity (Wildman–Crippen MR) is 60.3 cm³/mol. The zero-order valence-corrected chi connectivity index (χ0v) is 9.71. The lowest BCUT2D eigenvalue weighted by Gasteiger charge is -2.15. The molecule has 1 aliphatic rings. The van der Waals surface area contributed by atoms with Crippen LogP contribution in [-0.2, 0) is 16.4 Å². The highest BCUT2D eigenvalue weighted by Crippen LogP contribution is 2.36. The number of fused-ring (bicyclic) bond motifs is 1. The average Bonchev–Trinajstić information content (AvgIpc) is 2.58. The topological polar surface area (TPSA) is 46.2 Å². The van der Waals surface area contributed by atoms with Crippen molar-refractivity contribution in [3.05, 3.63) is 35.4 Å². The number of rotatable bonds is 2. The molecule has 2 atom stereocenters. The summed E-state index contributed by atoms with van der Waals surface area (Å²) in [6.07, 6.45) is 0.626. The Morgan fingerprint density at radius 1 is 1.33 bits per heavy atom. The lowest BCUT2D eigenvalue weighted by Crippen LogP contribution is -2.33. The number of benzene rings is 1. The summed E-state index contributed by atoms with van der Waals surface area (Å²) in [6.45, 7) is 1.98. The maximum atomic E-state index is 11.8. The monoisotopic (exact) mass is 225 g/mol. The number of nitrogens with one attached hydrogen (secondary N) is 1. The van der Waals surface area contributed by atoms with Gasteiger partial charge in [0.15, 0.2) is 0 Å². The van der Waals surface area contributed by atoms with Gasteiger partial charge in [-0.3, -0.25) is 0 Å². The third kappa shape index (κ3) is 1.68. The highest BCUT2D eigenvalue weighted by atomic mass is 32.2. The van der Waals surface area contributed by atoms with Gasteiger partial charge in [0.1, 0.15) is 0 Å². The van der Waals surface area contributed by atoms with E-state index in [2.05, 4.69) is 4.72 Å². The van der Waals surface area contributed by atoms with Crippen LogP contribution in [0.2, 0.25) is 0 Å². The van der Waals surface area contributed by atoms with E-state index < -0.39 is 10.0 Å². The van der Waals surface area contributed by atoms with Gasteiger partial charge in [-0.25, -0.2) is 13.1 Å². The van der Waals surface area contributed by atoms with E-state index in [4.69, 9.17) is 0 Å². The smallest absolute Gasteiger partial charge is 0.215 e. The lowest BCUT2D eigenvalue weighted by atomic mass is 10.0. The minimum atomic E-state index is -3.16. The molecule has 82 valence electrons. The molecule has 15 heavy (non-hydrogen) atoms. The fourth-order valence-corrected chi connectivity index (χ4v) is 3.67. The highest BCUT2D eigenvalue weighted by molar-refractivity contribution is 7.90. The van der Waals surface area contributed by atoms with Gasteiger partial charge in [0, 0.05) is 0 Å². The Hall–Kier alpha value is -0.870. The third-order valence-corrected chi connectivity index (χ3v) is 5.15. The standard InChI is InChI=1S/C11H15NO2S/c1-8-10-6-4-3-5-9(10)7-11(8)15(13,14)12-2/h3-6,8,11-12H,7H2,1-2H3. The Labute approximate surface area is 90.6 Å². The van der Waals surface area contributed by atoms with Gasteiger partial charge in [0.25, 0.3) is 0 Å². The molecule has 4 heteroatoms. The highest BCUT2D eigenvalue weighted by Gasteiger charge is 2.37. The minimum absolute atomic E-state index is 0.0821. The van der Waals surface area contributed by atoms with Crippen molar-refractivity contribution in [2.45, 2.75) is 24.5 Å². The molecule has 0 radical (unpaired) electrons. The van der Waals surface area contributed by atoms with Gasteiger partial charge in [-0.1, -0.05) is 31.2 Å². The summed E-state index contributed by atoms with van der Waals surface area (Å²) in [5.41, 5.74) is 2.33. The van der Waals surface area contributed by atoms with Crippen molar-refractivity contribution in [2.24, 2.45) is 0 Å². The van der Waals surface area contributed by atoms with Gasteiger partial charge in [0.2, 0.25) is 10.0 Å². The Balaban J connectivity index is 2.40. The molecular weight excluding hydrogens is 210 g/mol. The lowest BCUT2D eigenvalue weighted by molar-refractivity contribution is 0.561. The van der Waals surface area contributed by atoms with E-state index in [9.17, 15) is 8.42 Å². The van der Waals surface area contributed by atoms with Crippen molar-refractivity contribution in [2.75, 3.05) is 7.05 Å². The number of sulfonamides is 1. The molecular formula is C11H15NO2S. The normalized spacial score (nSPS) is 25.2. The third-order valence-electron chi connectivity index (χ3n) is 3.21. The second kappa shape index (κ2) is 3.61. The molecule has 0 saturated heterocycles. The largest absolute Gasteiger partial charge is 0.218 e. The average molecular weight is 225 g/mol. The Bertz CT molecular complexity index is 467. The van der Waals surface area contributed by atoms with Gasteiger partial charge < -0.3 is 0 Å². The van der Waals surface area contributed by atoms with E-state index in [0.717, 1.165) is 5.56 Å². The molecule has 0 saturated carbocycles. The van der Waals surface area contributed by atoms with Crippen LogP contribution in [0.5, 0.6) is 0 Å². The molecule has 0 bridgehead atoms.